The summed E-state index contributed by atoms with van der Waals surface area (Å²) in [5.74, 6) is 0.656. The van der Waals surface area contributed by atoms with Gasteiger partial charge in [-0.25, -0.2) is 9.78 Å². The topological polar surface area (TPSA) is 69.8 Å². The Labute approximate surface area is 155 Å². The number of H-pyrrole nitrogens is 1. The Morgan fingerprint density at radius 2 is 1.62 bits per heavy atom. The molecule has 4 rings (SSSR count). The number of fused-ring (bicyclic) bond motifs is 1. The van der Waals surface area contributed by atoms with Crippen molar-refractivity contribution in [2.45, 2.75) is 0 Å². The number of rotatable bonds is 3. The first-order chi connectivity index (χ1) is 12.7. The van der Waals surface area contributed by atoms with Crippen molar-refractivity contribution in [1.82, 2.24) is 9.97 Å². The third kappa shape index (κ3) is 3.38. The van der Waals surface area contributed by atoms with Crippen molar-refractivity contribution in [3.8, 4) is 11.4 Å². The van der Waals surface area contributed by atoms with Gasteiger partial charge in [0.2, 0.25) is 0 Å². The number of hydrogen-bond acceptors (Lipinski definition) is 2. The number of imidazole rings is 1. The maximum atomic E-state index is 12.2. The normalized spacial score (nSPS) is 10.7. The van der Waals surface area contributed by atoms with E-state index >= 15 is 0 Å². The molecule has 1 heterocycles. The van der Waals surface area contributed by atoms with Gasteiger partial charge in [0.25, 0.3) is 0 Å². The number of amides is 2. The van der Waals surface area contributed by atoms with Crippen molar-refractivity contribution < 1.29 is 4.79 Å². The Balaban J connectivity index is 1.59. The molecule has 4 aromatic rings. The molecule has 26 heavy (non-hydrogen) atoms. The lowest BCUT2D eigenvalue weighted by Gasteiger charge is -2.09. The highest BCUT2D eigenvalue weighted by molar-refractivity contribution is 6.33. The number of aromatic amines is 1. The van der Waals surface area contributed by atoms with E-state index in [1.807, 2.05) is 54.6 Å². The van der Waals surface area contributed by atoms with Crippen molar-refractivity contribution in [2.75, 3.05) is 10.6 Å². The van der Waals surface area contributed by atoms with Gasteiger partial charge in [0.1, 0.15) is 5.82 Å². The molecule has 0 radical (unpaired) electrons. The molecule has 6 heteroatoms. The summed E-state index contributed by atoms with van der Waals surface area (Å²) in [7, 11) is 0. The van der Waals surface area contributed by atoms with Crippen LogP contribution in [0.15, 0.2) is 72.8 Å². The van der Waals surface area contributed by atoms with Crippen LogP contribution in [0.25, 0.3) is 22.4 Å². The molecule has 0 aliphatic rings. The molecule has 5 nitrogen and oxygen atoms in total. The van der Waals surface area contributed by atoms with Crippen LogP contribution in [0.3, 0.4) is 0 Å². The molecule has 0 spiro atoms. The van der Waals surface area contributed by atoms with Crippen molar-refractivity contribution in [2.24, 2.45) is 0 Å². The van der Waals surface area contributed by atoms with E-state index in [1.165, 1.54) is 0 Å². The third-order valence-electron chi connectivity index (χ3n) is 3.90. The summed E-state index contributed by atoms with van der Waals surface area (Å²) in [5, 5.41) is 6.14. The third-order valence-corrected chi connectivity index (χ3v) is 4.23. The van der Waals surface area contributed by atoms with Crippen molar-refractivity contribution >= 4 is 40.0 Å². The predicted octanol–water partition coefficient (Wildman–Crippen LogP) is 5.53. The van der Waals surface area contributed by atoms with Crippen LogP contribution >= 0.6 is 11.6 Å². The van der Waals surface area contributed by atoms with Gasteiger partial charge in [-0.05, 0) is 42.5 Å². The van der Waals surface area contributed by atoms with Crippen molar-refractivity contribution in [3.63, 3.8) is 0 Å². The molecular formula is C20H15ClN4O. The number of nitrogens with zero attached hydrogens (tertiary/aromatic N) is 1. The molecule has 0 bridgehead atoms. The zero-order valence-electron chi connectivity index (χ0n) is 13.7. The SMILES string of the molecule is O=C(Nc1ccccc1)Nc1ccc(Cl)c(-c2nc3ccccc3[nH]2)c1. The zero-order chi connectivity index (χ0) is 17.9. The molecule has 0 saturated carbocycles. The van der Waals surface area contributed by atoms with E-state index in [-0.39, 0.29) is 6.03 Å². The number of benzene rings is 3. The number of nitrogens with one attached hydrogen (secondary N) is 3. The molecule has 3 N–H and O–H groups in total. The number of hydrogen-bond donors (Lipinski definition) is 3. The maximum absolute atomic E-state index is 12.2. The van der Waals surface area contributed by atoms with Crippen LogP contribution in [0.1, 0.15) is 0 Å². The van der Waals surface area contributed by atoms with Gasteiger partial charge >= 0.3 is 6.03 Å². The van der Waals surface area contributed by atoms with E-state index in [0.29, 0.717) is 16.5 Å². The van der Waals surface area contributed by atoms with E-state index in [4.69, 9.17) is 11.6 Å². The standard InChI is InChI=1S/C20H15ClN4O/c21-16-11-10-14(23-20(26)22-13-6-2-1-3-7-13)12-15(16)19-24-17-8-4-5-9-18(17)25-19/h1-12H,(H,24,25)(H2,22,23,26). The molecule has 0 unspecified atom stereocenters. The summed E-state index contributed by atoms with van der Waals surface area (Å²) >= 11 is 6.34. The summed E-state index contributed by atoms with van der Waals surface area (Å²) in [6.45, 7) is 0. The van der Waals surface area contributed by atoms with Gasteiger partial charge in [-0.15, -0.1) is 0 Å². The van der Waals surface area contributed by atoms with Gasteiger partial charge in [0.15, 0.2) is 0 Å². The highest BCUT2D eigenvalue weighted by Crippen LogP contribution is 2.30. The number of carbonyl (C=O) groups is 1. The number of anilines is 2. The lowest BCUT2D eigenvalue weighted by atomic mass is 10.2. The van der Waals surface area contributed by atoms with Crippen LogP contribution in [0, 0.1) is 0 Å². The van der Waals surface area contributed by atoms with E-state index < -0.39 is 0 Å². The molecule has 0 saturated heterocycles. The van der Waals surface area contributed by atoms with E-state index in [1.54, 1.807) is 18.2 Å². The fourth-order valence-electron chi connectivity index (χ4n) is 2.68. The largest absolute Gasteiger partial charge is 0.338 e. The highest BCUT2D eigenvalue weighted by Gasteiger charge is 2.11. The van der Waals surface area contributed by atoms with Crippen molar-refractivity contribution in [1.29, 1.82) is 0 Å². The first-order valence-corrected chi connectivity index (χ1v) is 8.44. The van der Waals surface area contributed by atoms with Gasteiger partial charge in [0.05, 0.1) is 16.1 Å². The molecule has 1 aromatic heterocycles. The molecule has 128 valence electrons. The Kier molecular flexibility index (Phi) is 4.29. The first-order valence-electron chi connectivity index (χ1n) is 8.07. The van der Waals surface area contributed by atoms with Crippen LogP contribution in [0.4, 0.5) is 16.2 Å². The minimum Gasteiger partial charge on any atom is -0.338 e. The monoisotopic (exact) mass is 362 g/mol. The fourth-order valence-corrected chi connectivity index (χ4v) is 2.89. The molecule has 0 aliphatic heterocycles. The van der Waals surface area contributed by atoms with Gasteiger partial charge in [-0.1, -0.05) is 41.9 Å². The zero-order valence-corrected chi connectivity index (χ0v) is 14.4. The molecule has 0 aliphatic carbocycles. The average Bonchev–Trinajstić information content (AvgIpc) is 3.08. The van der Waals surface area contributed by atoms with E-state index in [0.717, 1.165) is 22.3 Å². The fraction of sp³-hybridized carbons (Fsp3) is 0. The van der Waals surface area contributed by atoms with E-state index in [2.05, 4.69) is 20.6 Å². The van der Waals surface area contributed by atoms with Crippen molar-refractivity contribution in [3.05, 3.63) is 77.8 Å². The second kappa shape index (κ2) is 6.90. The summed E-state index contributed by atoms with van der Waals surface area (Å²) < 4.78 is 0. The Morgan fingerprint density at radius 1 is 0.885 bits per heavy atom. The van der Waals surface area contributed by atoms with Gasteiger partial charge in [-0.2, -0.15) is 0 Å². The van der Waals surface area contributed by atoms with Crippen LogP contribution in [0.5, 0.6) is 0 Å². The molecular weight excluding hydrogens is 348 g/mol. The highest BCUT2D eigenvalue weighted by atomic mass is 35.5. The van der Waals surface area contributed by atoms with Gasteiger partial charge in [-0.3, -0.25) is 0 Å². The number of para-hydroxylation sites is 3. The smallest absolute Gasteiger partial charge is 0.323 e. The number of urea groups is 1. The number of aromatic nitrogens is 2. The number of carbonyl (C=O) groups excluding carboxylic acids is 1. The summed E-state index contributed by atoms with van der Waals surface area (Å²) in [6.07, 6.45) is 0. The van der Waals surface area contributed by atoms with Gasteiger partial charge in [0, 0.05) is 16.9 Å². The minimum atomic E-state index is -0.325. The molecule has 0 fully saturated rings. The predicted molar refractivity (Wildman–Crippen MR) is 106 cm³/mol. The first kappa shape index (κ1) is 16.2. The van der Waals surface area contributed by atoms with Crippen LogP contribution in [0.2, 0.25) is 5.02 Å². The Hall–Kier alpha value is -3.31. The lowest BCUT2D eigenvalue weighted by molar-refractivity contribution is 0.262. The van der Waals surface area contributed by atoms with Crippen LogP contribution in [-0.4, -0.2) is 16.0 Å². The van der Waals surface area contributed by atoms with E-state index in [9.17, 15) is 4.79 Å². The maximum Gasteiger partial charge on any atom is 0.323 e. The molecule has 3 aromatic carbocycles. The summed E-state index contributed by atoms with van der Waals surface area (Å²) in [6, 6.07) is 22.0. The second-order valence-corrected chi connectivity index (χ2v) is 6.15. The lowest BCUT2D eigenvalue weighted by Crippen LogP contribution is -2.19. The Morgan fingerprint density at radius 3 is 2.42 bits per heavy atom. The molecule has 0 atom stereocenters. The second-order valence-electron chi connectivity index (χ2n) is 5.74. The summed E-state index contributed by atoms with van der Waals surface area (Å²) in [4.78, 5) is 20.0. The van der Waals surface area contributed by atoms with Gasteiger partial charge < -0.3 is 15.6 Å². The Bertz CT molecular complexity index is 1040. The van der Waals surface area contributed by atoms with Crippen LogP contribution < -0.4 is 10.6 Å². The average molecular weight is 363 g/mol. The summed E-state index contributed by atoms with van der Waals surface area (Å²) in [5.41, 5.74) is 3.85. The number of halogens is 1. The molecule has 2 amide bonds. The minimum absolute atomic E-state index is 0.325. The quantitative estimate of drug-likeness (QED) is 0.448. The van der Waals surface area contributed by atoms with Crippen LogP contribution in [-0.2, 0) is 0 Å².